The molecule has 0 aromatic rings. The zero-order valence-corrected chi connectivity index (χ0v) is 16.2. The van der Waals surface area contributed by atoms with Crippen LogP contribution in [0.5, 0.6) is 0 Å². The fourth-order valence-electron chi connectivity index (χ4n) is 5.22. The highest BCUT2D eigenvalue weighted by atomic mass is 79.9. The standard InChI is InChI=1S/C19H31BrO3/c1-13(6-4-11-19(3,23)17(21)22)15-8-9-16-14(12-20)7-5-10-18(15,16)2/h12-13,15-16,23H,4-11H2,1-3H3,(H,21,22)/t13-,15-,16?,18-,19-/m1/s1. The Morgan fingerprint density at radius 2 is 2.22 bits per heavy atom. The number of aliphatic hydroxyl groups is 1. The molecule has 1 unspecified atom stereocenters. The van der Waals surface area contributed by atoms with E-state index < -0.39 is 11.6 Å². The molecule has 0 aliphatic heterocycles. The van der Waals surface area contributed by atoms with Gasteiger partial charge in [-0.2, -0.15) is 0 Å². The van der Waals surface area contributed by atoms with Gasteiger partial charge in [-0.05, 0) is 80.0 Å². The van der Waals surface area contributed by atoms with E-state index in [-0.39, 0.29) is 0 Å². The van der Waals surface area contributed by atoms with Gasteiger partial charge in [-0.1, -0.05) is 41.8 Å². The van der Waals surface area contributed by atoms with Crippen LogP contribution in [0.25, 0.3) is 0 Å². The maximum Gasteiger partial charge on any atom is 0.335 e. The fourth-order valence-corrected chi connectivity index (χ4v) is 5.77. The van der Waals surface area contributed by atoms with Gasteiger partial charge in [-0.15, -0.1) is 0 Å². The van der Waals surface area contributed by atoms with Crippen molar-refractivity contribution in [2.24, 2.45) is 23.2 Å². The molecule has 0 heterocycles. The molecule has 5 atom stereocenters. The Hall–Kier alpha value is -0.350. The fraction of sp³-hybridized carbons (Fsp3) is 0.842. The third-order valence-electron chi connectivity index (χ3n) is 6.65. The molecule has 0 spiro atoms. The second-order valence-corrected chi connectivity index (χ2v) is 8.69. The Morgan fingerprint density at radius 1 is 1.52 bits per heavy atom. The van der Waals surface area contributed by atoms with Gasteiger partial charge in [0.2, 0.25) is 0 Å². The van der Waals surface area contributed by atoms with Gasteiger partial charge < -0.3 is 10.2 Å². The van der Waals surface area contributed by atoms with Crippen molar-refractivity contribution < 1.29 is 15.0 Å². The topological polar surface area (TPSA) is 57.5 Å². The molecule has 0 amide bonds. The largest absolute Gasteiger partial charge is 0.479 e. The van der Waals surface area contributed by atoms with Gasteiger partial charge in [-0.3, -0.25) is 0 Å². The lowest BCUT2D eigenvalue weighted by Gasteiger charge is -2.44. The Labute approximate surface area is 148 Å². The van der Waals surface area contributed by atoms with Crippen LogP contribution in [0, 0.1) is 23.2 Å². The smallest absolute Gasteiger partial charge is 0.335 e. The molecule has 2 fully saturated rings. The average molecular weight is 387 g/mol. The highest BCUT2D eigenvalue weighted by Gasteiger charge is 2.50. The van der Waals surface area contributed by atoms with Crippen LogP contribution >= 0.6 is 15.9 Å². The number of allylic oxidation sites excluding steroid dienone is 1. The van der Waals surface area contributed by atoms with Crippen molar-refractivity contribution in [3.8, 4) is 0 Å². The number of hydrogen-bond donors (Lipinski definition) is 2. The van der Waals surface area contributed by atoms with Gasteiger partial charge in [0.1, 0.15) is 0 Å². The van der Waals surface area contributed by atoms with Crippen LogP contribution in [0.4, 0.5) is 0 Å². The highest BCUT2D eigenvalue weighted by molar-refractivity contribution is 9.11. The van der Waals surface area contributed by atoms with Crippen LogP contribution in [0.2, 0.25) is 0 Å². The number of carbonyl (C=O) groups is 1. The van der Waals surface area contributed by atoms with Gasteiger partial charge in [-0.25, -0.2) is 4.79 Å². The predicted octanol–water partition coefficient (Wildman–Crippen LogP) is 5.12. The van der Waals surface area contributed by atoms with Gasteiger partial charge >= 0.3 is 5.97 Å². The maximum absolute atomic E-state index is 11.0. The summed E-state index contributed by atoms with van der Waals surface area (Å²) in [4.78, 5) is 13.2. The van der Waals surface area contributed by atoms with Crippen LogP contribution in [-0.4, -0.2) is 21.8 Å². The minimum atomic E-state index is -1.58. The third kappa shape index (κ3) is 3.84. The van der Waals surface area contributed by atoms with Gasteiger partial charge in [0, 0.05) is 0 Å². The lowest BCUT2D eigenvalue weighted by atomic mass is 9.61. The van der Waals surface area contributed by atoms with E-state index >= 15 is 0 Å². The molecule has 23 heavy (non-hydrogen) atoms. The molecule has 0 radical (unpaired) electrons. The van der Waals surface area contributed by atoms with E-state index in [0.29, 0.717) is 29.6 Å². The minimum absolute atomic E-state index is 0.339. The minimum Gasteiger partial charge on any atom is -0.479 e. The first-order valence-corrected chi connectivity index (χ1v) is 9.89. The predicted molar refractivity (Wildman–Crippen MR) is 96.5 cm³/mol. The van der Waals surface area contributed by atoms with Gasteiger partial charge in [0.05, 0.1) is 0 Å². The van der Waals surface area contributed by atoms with Crippen molar-refractivity contribution in [3.63, 3.8) is 0 Å². The van der Waals surface area contributed by atoms with Crippen molar-refractivity contribution in [2.75, 3.05) is 0 Å². The number of carboxylic acids is 1. The summed E-state index contributed by atoms with van der Waals surface area (Å²) in [7, 11) is 0. The summed E-state index contributed by atoms with van der Waals surface area (Å²) in [5.41, 5.74) is 0.396. The molecule has 0 aromatic heterocycles. The lowest BCUT2D eigenvalue weighted by Crippen LogP contribution is -2.36. The Kier molecular flexibility index (Phi) is 5.99. The van der Waals surface area contributed by atoms with Gasteiger partial charge in [0.15, 0.2) is 5.60 Å². The van der Waals surface area contributed by atoms with Crippen molar-refractivity contribution in [3.05, 3.63) is 10.6 Å². The number of rotatable bonds is 6. The second kappa shape index (κ2) is 7.26. The first-order chi connectivity index (χ1) is 10.7. The number of halogens is 1. The molecule has 0 aromatic carbocycles. The molecule has 3 nitrogen and oxygen atoms in total. The molecule has 2 rings (SSSR count). The summed E-state index contributed by atoms with van der Waals surface area (Å²) in [6.45, 7) is 6.19. The van der Waals surface area contributed by atoms with Crippen molar-refractivity contribution in [1.82, 2.24) is 0 Å². The van der Waals surface area contributed by atoms with E-state index in [1.54, 1.807) is 5.57 Å². The molecular formula is C19H31BrO3. The van der Waals surface area contributed by atoms with Gasteiger partial charge in [0.25, 0.3) is 0 Å². The Balaban J connectivity index is 1.95. The lowest BCUT2D eigenvalue weighted by molar-refractivity contribution is -0.157. The van der Waals surface area contributed by atoms with E-state index in [0.717, 1.165) is 12.8 Å². The number of carboxylic acid groups (broad SMARTS) is 1. The SMILES string of the molecule is C[C@H](CCC[C@@](C)(O)C(=O)O)[C@H]1CCC2C(=CBr)CCC[C@@]21C. The molecule has 2 saturated carbocycles. The summed E-state index contributed by atoms with van der Waals surface area (Å²) >= 11 is 3.56. The number of fused-ring (bicyclic) bond motifs is 1. The van der Waals surface area contributed by atoms with Crippen LogP contribution in [0.1, 0.15) is 72.1 Å². The number of aliphatic carboxylic acids is 1. The molecule has 4 heteroatoms. The van der Waals surface area contributed by atoms with Crippen LogP contribution in [0.3, 0.4) is 0 Å². The van der Waals surface area contributed by atoms with E-state index in [9.17, 15) is 9.90 Å². The van der Waals surface area contributed by atoms with Crippen molar-refractivity contribution in [1.29, 1.82) is 0 Å². The van der Waals surface area contributed by atoms with Crippen LogP contribution in [0.15, 0.2) is 10.6 Å². The maximum atomic E-state index is 11.0. The molecule has 2 N–H and O–H groups in total. The highest BCUT2D eigenvalue weighted by Crippen LogP contribution is 2.60. The van der Waals surface area contributed by atoms with Crippen LogP contribution < -0.4 is 0 Å². The number of hydrogen-bond acceptors (Lipinski definition) is 2. The zero-order chi connectivity index (χ0) is 17.3. The Morgan fingerprint density at radius 3 is 2.83 bits per heavy atom. The summed E-state index contributed by atoms with van der Waals surface area (Å²) in [5, 5.41) is 18.9. The molecule has 0 saturated heterocycles. The summed E-state index contributed by atoms with van der Waals surface area (Å²) < 4.78 is 0. The summed E-state index contributed by atoms with van der Waals surface area (Å²) in [6, 6.07) is 0. The Bertz CT molecular complexity index is 471. The molecule has 2 aliphatic rings. The molecular weight excluding hydrogens is 356 g/mol. The summed E-state index contributed by atoms with van der Waals surface area (Å²) in [5.74, 6) is 0.900. The summed E-state index contributed by atoms with van der Waals surface area (Å²) in [6.07, 6.45) is 8.51. The van der Waals surface area contributed by atoms with Crippen molar-refractivity contribution in [2.45, 2.75) is 77.7 Å². The van der Waals surface area contributed by atoms with E-state index in [2.05, 4.69) is 34.8 Å². The van der Waals surface area contributed by atoms with E-state index in [1.807, 2.05) is 0 Å². The molecule has 2 aliphatic carbocycles. The second-order valence-electron chi connectivity index (χ2n) is 8.23. The van der Waals surface area contributed by atoms with E-state index in [1.165, 1.54) is 39.0 Å². The third-order valence-corrected chi connectivity index (χ3v) is 7.24. The van der Waals surface area contributed by atoms with Crippen molar-refractivity contribution >= 4 is 21.9 Å². The quantitative estimate of drug-likeness (QED) is 0.665. The zero-order valence-electron chi connectivity index (χ0n) is 14.6. The normalized spacial score (nSPS) is 36.5. The average Bonchev–Trinajstić information content (AvgIpc) is 2.83. The molecule has 0 bridgehead atoms. The molecule has 132 valence electrons. The first-order valence-electron chi connectivity index (χ1n) is 8.97. The van der Waals surface area contributed by atoms with Crippen LogP contribution in [-0.2, 0) is 4.79 Å². The van der Waals surface area contributed by atoms with E-state index in [4.69, 9.17) is 5.11 Å². The monoisotopic (exact) mass is 386 g/mol. The first kappa shape index (κ1) is 19.0.